The number of aliphatic hydroxyl groups excluding tert-OH is 1. The van der Waals surface area contributed by atoms with E-state index in [2.05, 4.69) is 11.0 Å². The van der Waals surface area contributed by atoms with Crippen molar-refractivity contribution in [2.45, 2.75) is 51.2 Å². The summed E-state index contributed by atoms with van der Waals surface area (Å²) in [6, 6.07) is 11.7. The molecule has 1 heterocycles. The van der Waals surface area contributed by atoms with E-state index in [1.807, 2.05) is 37.3 Å². The lowest BCUT2D eigenvalue weighted by Crippen LogP contribution is -2.51. The lowest BCUT2D eigenvalue weighted by atomic mass is 9.96. The first-order chi connectivity index (χ1) is 11.7. The van der Waals surface area contributed by atoms with Crippen molar-refractivity contribution >= 4 is 11.6 Å². The molecule has 0 spiro atoms. The molecule has 1 aliphatic heterocycles. The van der Waals surface area contributed by atoms with E-state index in [0.29, 0.717) is 25.9 Å². The topological polar surface area (TPSA) is 67.6 Å². The SMILES string of the molecule is CCC(O)C1CCCCN1CC(=O)N(CCC#N)c1ccccc1. The van der Waals surface area contributed by atoms with E-state index in [1.54, 1.807) is 4.90 Å². The highest BCUT2D eigenvalue weighted by molar-refractivity contribution is 5.94. The van der Waals surface area contributed by atoms with Crippen LogP contribution in [0, 0.1) is 11.3 Å². The average Bonchev–Trinajstić information content (AvgIpc) is 2.62. The smallest absolute Gasteiger partial charge is 0.241 e. The fourth-order valence-corrected chi connectivity index (χ4v) is 3.35. The van der Waals surface area contributed by atoms with E-state index in [9.17, 15) is 9.90 Å². The molecule has 1 saturated heterocycles. The Hall–Kier alpha value is -1.90. The van der Waals surface area contributed by atoms with Crippen molar-refractivity contribution in [2.24, 2.45) is 0 Å². The third-order valence-electron chi connectivity index (χ3n) is 4.68. The van der Waals surface area contributed by atoms with Crippen LogP contribution in [0.3, 0.4) is 0 Å². The number of piperidine rings is 1. The molecule has 1 fully saturated rings. The molecule has 2 atom stereocenters. The molecule has 0 saturated carbocycles. The van der Waals surface area contributed by atoms with Crippen LogP contribution >= 0.6 is 0 Å². The maximum atomic E-state index is 12.9. The summed E-state index contributed by atoms with van der Waals surface area (Å²) in [5.74, 6) is -0.00773. The maximum absolute atomic E-state index is 12.9. The van der Waals surface area contributed by atoms with Gasteiger partial charge in [-0.3, -0.25) is 9.69 Å². The lowest BCUT2D eigenvalue weighted by molar-refractivity contribution is -0.121. The van der Waals surface area contributed by atoms with Gasteiger partial charge in [-0.15, -0.1) is 0 Å². The molecule has 1 aliphatic rings. The number of anilines is 1. The van der Waals surface area contributed by atoms with Gasteiger partial charge in [0.05, 0.1) is 25.1 Å². The van der Waals surface area contributed by atoms with Gasteiger partial charge in [0.1, 0.15) is 0 Å². The third kappa shape index (κ3) is 4.80. The van der Waals surface area contributed by atoms with Gasteiger partial charge in [0.25, 0.3) is 0 Å². The molecular formula is C19H27N3O2. The van der Waals surface area contributed by atoms with Crippen LogP contribution < -0.4 is 4.90 Å². The van der Waals surface area contributed by atoms with Crippen LogP contribution in [0.5, 0.6) is 0 Å². The van der Waals surface area contributed by atoms with Gasteiger partial charge in [-0.2, -0.15) is 5.26 Å². The van der Waals surface area contributed by atoms with Crippen LogP contribution in [-0.4, -0.2) is 47.7 Å². The molecule has 130 valence electrons. The summed E-state index contributed by atoms with van der Waals surface area (Å²) < 4.78 is 0. The number of rotatable bonds is 7. The number of nitriles is 1. The predicted molar refractivity (Wildman–Crippen MR) is 94.5 cm³/mol. The number of hydrogen-bond donors (Lipinski definition) is 1. The average molecular weight is 329 g/mol. The molecule has 1 N–H and O–H groups in total. The van der Waals surface area contributed by atoms with Gasteiger partial charge >= 0.3 is 0 Å². The summed E-state index contributed by atoms with van der Waals surface area (Å²) in [7, 11) is 0. The third-order valence-corrected chi connectivity index (χ3v) is 4.68. The molecule has 1 aromatic carbocycles. The number of para-hydroxylation sites is 1. The Bertz CT molecular complexity index is 555. The first-order valence-electron chi connectivity index (χ1n) is 8.81. The largest absolute Gasteiger partial charge is 0.392 e. The van der Waals surface area contributed by atoms with E-state index < -0.39 is 0 Å². The zero-order valence-electron chi connectivity index (χ0n) is 14.4. The van der Waals surface area contributed by atoms with E-state index in [4.69, 9.17) is 5.26 Å². The molecule has 0 aromatic heterocycles. The molecule has 0 aliphatic carbocycles. The Labute approximate surface area is 144 Å². The van der Waals surface area contributed by atoms with Crippen molar-refractivity contribution in [1.82, 2.24) is 4.90 Å². The number of aliphatic hydroxyl groups is 1. The number of benzene rings is 1. The fourth-order valence-electron chi connectivity index (χ4n) is 3.35. The minimum absolute atomic E-state index is 0.00773. The van der Waals surface area contributed by atoms with Crippen LogP contribution in [-0.2, 0) is 4.79 Å². The van der Waals surface area contributed by atoms with Crippen molar-refractivity contribution in [1.29, 1.82) is 5.26 Å². The quantitative estimate of drug-likeness (QED) is 0.835. The van der Waals surface area contributed by atoms with E-state index >= 15 is 0 Å². The Balaban J connectivity index is 2.09. The number of carbonyl (C=O) groups excluding carboxylic acids is 1. The van der Waals surface area contributed by atoms with Crippen molar-refractivity contribution < 1.29 is 9.90 Å². The molecule has 1 aromatic rings. The van der Waals surface area contributed by atoms with Gasteiger partial charge in [0, 0.05) is 18.3 Å². The molecule has 5 nitrogen and oxygen atoms in total. The highest BCUT2D eigenvalue weighted by Gasteiger charge is 2.30. The first-order valence-corrected chi connectivity index (χ1v) is 8.81. The van der Waals surface area contributed by atoms with Crippen LogP contribution in [0.2, 0.25) is 0 Å². The molecular weight excluding hydrogens is 302 g/mol. The Morgan fingerprint density at radius 2 is 2.17 bits per heavy atom. The predicted octanol–water partition coefficient (Wildman–Crippen LogP) is 2.56. The minimum Gasteiger partial charge on any atom is -0.392 e. The molecule has 5 heteroatoms. The zero-order chi connectivity index (χ0) is 17.4. The highest BCUT2D eigenvalue weighted by Crippen LogP contribution is 2.22. The van der Waals surface area contributed by atoms with Crippen LogP contribution in [0.4, 0.5) is 5.69 Å². The standard InChI is InChI=1S/C19H27N3O2/c1-2-18(23)17-11-6-7-13-21(17)15-19(24)22(14-8-12-20)16-9-4-3-5-10-16/h3-5,9-10,17-18,23H,2,6-8,11,13-15H2,1H3. The molecule has 0 radical (unpaired) electrons. The second kappa shape index (κ2) is 9.41. The highest BCUT2D eigenvalue weighted by atomic mass is 16.3. The van der Waals surface area contributed by atoms with Crippen molar-refractivity contribution in [3.05, 3.63) is 30.3 Å². The number of likely N-dealkylation sites (tertiary alicyclic amines) is 1. The Morgan fingerprint density at radius 1 is 1.42 bits per heavy atom. The molecule has 24 heavy (non-hydrogen) atoms. The Morgan fingerprint density at radius 3 is 2.83 bits per heavy atom. The number of nitrogens with zero attached hydrogens (tertiary/aromatic N) is 3. The number of amides is 1. The van der Waals surface area contributed by atoms with Gasteiger partial charge in [-0.05, 0) is 37.9 Å². The molecule has 2 rings (SSSR count). The van der Waals surface area contributed by atoms with E-state index in [1.165, 1.54) is 0 Å². The summed E-state index contributed by atoms with van der Waals surface area (Å²) in [6.45, 7) is 3.51. The van der Waals surface area contributed by atoms with Gasteiger partial charge < -0.3 is 10.0 Å². The normalized spacial score (nSPS) is 19.5. The maximum Gasteiger partial charge on any atom is 0.241 e. The van der Waals surface area contributed by atoms with Gasteiger partial charge in [0.15, 0.2) is 0 Å². The summed E-state index contributed by atoms with van der Waals surface area (Å²) >= 11 is 0. The number of carbonyl (C=O) groups is 1. The van der Waals surface area contributed by atoms with Crippen molar-refractivity contribution in [2.75, 3.05) is 24.5 Å². The van der Waals surface area contributed by atoms with Crippen molar-refractivity contribution in [3.8, 4) is 6.07 Å². The van der Waals surface area contributed by atoms with Gasteiger partial charge in [-0.1, -0.05) is 31.5 Å². The molecule has 1 amide bonds. The summed E-state index contributed by atoms with van der Waals surface area (Å²) in [5.41, 5.74) is 0.822. The van der Waals surface area contributed by atoms with E-state index in [0.717, 1.165) is 31.5 Å². The van der Waals surface area contributed by atoms with Gasteiger partial charge in [0.2, 0.25) is 5.91 Å². The monoisotopic (exact) mass is 329 g/mol. The van der Waals surface area contributed by atoms with Crippen LogP contribution in [0.25, 0.3) is 0 Å². The zero-order valence-corrected chi connectivity index (χ0v) is 14.4. The summed E-state index contributed by atoms with van der Waals surface area (Å²) in [4.78, 5) is 16.7. The fraction of sp³-hybridized carbons (Fsp3) is 0.579. The Kier molecular flexibility index (Phi) is 7.23. The van der Waals surface area contributed by atoms with Crippen LogP contribution in [0.1, 0.15) is 39.0 Å². The summed E-state index contributed by atoms with van der Waals surface area (Å²) in [6.07, 6.45) is 3.72. The van der Waals surface area contributed by atoms with Crippen LogP contribution in [0.15, 0.2) is 30.3 Å². The summed E-state index contributed by atoms with van der Waals surface area (Å²) in [5, 5.41) is 19.1. The molecule has 2 unspecified atom stereocenters. The number of hydrogen-bond acceptors (Lipinski definition) is 4. The lowest BCUT2D eigenvalue weighted by Gasteiger charge is -2.38. The molecule has 0 bridgehead atoms. The second-order valence-corrected chi connectivity index (χ2v) is 6.30. The van der Waals surface area contributed by atoms with Crippen molar-refractivity contribution in [3.63, 3.8) is 0 Å². The van der Waals surface area contributed by atoms with E-state index in [-0.39, 0.29) is 18.1 Å². The first kappa shape index (κ1) is 18.4. The second-order valence-electron chi connectivity index (χ2n) is 6.30. The minimum atomic E-state index is -0.387. The van der Waals surface area contributed by atoms with Gasteiger partial charge in [-0.25, -0.2) is 0 Å².